The number of esters is 1. The largest absolute Gasteiger partial charge is 0.503 e. The van der Waals surface area contributed by atoms with Crippen molar-refractivity contribution in [2.45, 2.75) is 19.4 Å². The van der Waals surface area contributed by atoms with Crippen molar-refractivity contribution in [1.82, 2.24) is 4.98 Å². The lowest BCUT2D eigenvalue weighted by Gasteiger charge is -2.26. The van der Waals surface area contributed by atoms with E-state index in [9.17, 15) is 19.5 Å². The fourth-order valence-electron chi connectivity index (χ4n) is 4.43. The lowest BCUT2D eigenvalue weighted by molar-refractivity contribution is -0.117. The van der Waals surface area contributed by atoms with Crippen LogP contribution in [0.25, 0.3) is 11.0 Å². The highest BCUT2D eigenvalue weighted by Gasteiger charge is 2.45. The predicted molar refractivity (Wildman–Crippen MR) is 138 cm³/mol. The third-order valence-electron chi connectivity index (χ3n) is 6.22. The van der Waals surface area contributed by atoms with E-state index in [1.165, 1.54) is 30.3 Å². The van der Waals surface area contributed by atoms with Crippen molar-refractivity contribution >= 4 is 34.3 Å². The molecular formula is C29H24N2O7. The number of hydrogen-bond acceptors (Lipinski definition) is 8. The summed E-state index contributed by atoms with van der Waals surface area (Å²) in [6.07, 6.45) is 3.78. The Morgan fingerprint density at radius 2 is 1.89 bits per heavy atom. The number of anilines is 1. The maximum atomic E-state index is 13.8. The van der Waals surface area contributed by atoms with E-state index in [0.717, 1.165) is 0 Å². The molecule has 1 aliphatic heterocycles. The van der Waals surface area contributed by atoms with E-state index in [-0.39, 0.29) is 11.3 Å². The number of furan rings is 1. The van der Waals surface area contributed by atoms with Crippen molar-refractivity contribution in [3.05, 3.63) is 101 Å². The number of amides is 1. The zero-order chi connectivity index (χ0) is 26.8. The van der Waals surface area contributed by atoms with Gasteiger partial charge in [0.2, 0.25) is 5.78 Å². The Bertz CT molecular complexity index is 1560. The first-order valence-electron chi connectivity index (χ1n) is 12.0. The summed E-state index contributed by atoms with van der Waals surface area (Å²) >= 11 is 0. The minimum absolute atomic E-state index is 0.0522. The molecule has 2 aromatic heterocycles. The zero-order valence-corrected chi connectivity index (χ0v) is 20.7. The van der Waals surface area contributed by atoms with Crippen LogP contribution in [0.15, 0.2) is 88.8 Å². The average molecular weight is 513 g/mol. The second kappa shape index (κ2) is 10.2. The molecule has 4 aromatic rings. The highest BCUT2D eigenvalue weighted by molar-refractivity contribution is 6.20. The number of ether oxygens (including phenoxy) is 2. The van der Waals surface area contributed by atoms with E-state index < -0.39 is 29.5 Å². The number of para-hydroxylation sites is 1. The fourth-order valence-corrected chi connectivity index (χ4v) is 4.43. The van der Waals surface area contributed by atoms with Gasteiger partial charge in [-0.3, -0.25) is 19.5 Å². The van der Waals surface area contributed by atoms with E-state index in [1.54, 1.807) is 54.7 Å². The van der Waals surface area contributed by atoms with Gasteiger partial charge in [-0.05, 0) is 54.4 Å². The molecule has 1 aliphatic rings. The summed E-state index contributed by atoms with van der Waals surface area (Å²) in [4.78, 5) is 44.8. The van der Waals surface area contributed by atoms with Crippen molar-refractivity contribution < 1.29 is 33.4 Å². The summed E-state index contributed by atoms with van der Waals surface area (Å²) in [5, 5.41) is 11.6. The molecule has 192 valence electrons. The number of aromatic nitrogens is 1. The number of Topliss-reactive ketones (excluding diaryl/α,β-unsaturated/α-hetero) is 1. The molecular weight excluding hydrogens is 488 g/mol. The molecule has 9 nitrogen and oxygen atoms in total. The molecule has 38 heavy (non-hydrogen) atoms. The second-order valence-electron chi connectivity index (χ2n) is 8.63. The molecule has 1 unspecified atom stereocenters. The van der Waals surface area contributed by atoms with Crippen LogP contribution < -0.4 is 9.64 Å². The molecule has 9 heteroatoms. The summed E-state index contributed by atoms with van der Waals surface area (Å²) in [6.45, 7) is 2.19. The number of methoxy groups -OCH3 is 1. The number of benzene rings is 2. The van der Waals surface area contributed by atoms with Gasteiger partial charge in [0, 0.05) is 23.5 Å². The van der Waals surface area contributed by atoms with Gasteiger partial charge in [0.25, 0.3) is 5.91 Å². The Kier molecular flexibility index (Phi) is 6.66. The minimum atomic E-state index is -0.989. The van der Waals surface area contributed by atoms with Crippen LogP contribution in [0, 0.1) is 0 Å². The van der Waals surface area contributed by atoms with Gasteiger partial charge >= 0.3 is 5.97 Å². The zero-order valence-electron chi connectivity index (χ0n) is 20.7. The van der Waals surface area contributed by atoms with Crippen LogP contribution in [0.2, 0.25) is 0 Å². The Balaban J connectivity index is 1.56. The van der Waals surface area contributed by atoms with Gasteiger partial charge in [-0.25, -0.2) is 4.79 Å². The van der Waals surface area contributed by atoms with Crippen molar-refractivity contribution in [1.29, 1.82) is 0 Å². The first kappa shape index (κ1) is 24.8. The third kappa shape index (κ3) is 4.28. The molecule has 0 spiro atoms. The Morgan fingerprint density at radius 3 is 2.58 bits per heavy atom. The number of pyridine rings is 1. The molecule has 1 N–H and O–H groups in total. The minimum Gasteiger partial charge on any atom is -0.503 e. The van der Waals surface area contributed by atoms with Crippen LogP contribution in [-0.4, -0.2) is 41.5 Å². The molecule has 0 saturated heterocycles. The van der Waals surface area contributed by atoms with Gasteiger partial charge in [-0.1, -0.05) is 25.1 Å². The van der Waals surface area contributed by atoms with Gasteiger partial charge in [0.15, 0.2) is 22.9 Å². The number of ketones is 1. The number of fused-ring (bicyclic) bond motifs is 1. The first-order valence-corrected chi connectivity index (χ1v) is 12.0. The summed E-state index contributed by atoms with van der Waals surface area (Å²) in [5.74, 6) is -2.19. The summed E-state index contributed by atoms with van der Waals surface area (Å²) in [7, 11) is 1.49. The SMILES string of the molecule is CCCOC(=O)c1ccc(N2C(=O)C(O)=C(C(=O)c3cc4cccc(OC)c4o3)C2c2cccnc2)cc1. The Labute approximate surface area is 217 Å². The maximum absolute atomic E-state index is 13.8. The standard InChI is InChI=1S/C29H24N2O7/c1-3-14-37-29(35)17-9-11-20(12-10-17)31-24(19-7-5-13-30-16-19)23(26(33)28(31)34)25(32)22-15-18-6-4-8-21(36-2)27(18)38-22/h4-13,15-16,24,33H,3,14H2,1-2H3. The number of carbonyl (C=O) groups is 3. The van der Waals surface area contributed by atoms with E-state index in [2.05, 4.69) is 4.98 Å². The highest BCUT2D eigenvalue weighted by atomic mass is 16.5. The topological polar surface area (TPSA) is 119 Å². The summed E-state index contributed by atoms with van der Waals surface area (Å²) in [6, 6.07) is 15.4. The van der Waals surface area contributed by atoms with Gasteiger partial charge in [-0.15, -0.1) is 0 Å². The first-order chi connectivity index (χ1) is 18.4. The van der Waals surface area contributed by atoms with Crippen LogP contribution in [0.3, 0.4) is 0 Å². The molecule has 0 saturated carbocycles. The van der Waals surface area contributed by atoms with Crippen molar-refractivity contribution in [3.63, 3.8) is 0 Å². The predicted octanol–water partition coefficient (Wildman–Crippen LogP) is 5.19. The van der Waals surface area contributed by atoms with Crippen LogP contribution in [0.4, 0.5) is 5.69 Å². The normalized spacial score (nSPS) is 15.3. The van der Waals surface area contributed by atoms with E-state index in [4.69, 9.17) is 13.9 Å². The third-order valence-corrected chi connectivity index (χ3v) is 6.22. The summed E-state index contributed by atoms with van der Waals surface area (Å²) in [5.41, 5.74) is 1.43. The van der Waals surface area contributed by atoms with Crippen LogP contribution in [0.1, 0.15) is 45.9 Å². The van der Waals surface area contributed by atoms with E-state index in [0.29, 0.717) is 46.6 Å². The van der Waals surface area contributed by atoms with Crippen LogP contribution in [0.5, 0.6) is 5.75 Å². The number of aliphatic hydroxyl groups is 1. The second-order valence-corrected chi connectivity index (χ2v) is 8.63. The molecule has 2 aromatic carbocycles. The lowest BCUT2D eigenvalue weighted by Crippen LogP contribution is -2.31. The molecule has 0 bridgehead atoms. The molecule has 1 atom stereocenters. The average Bonchev–Trinajstić information content (AvgIpc) is 3.51. The summed E-state index contributed by atoms with van der Waals surface area (Å²) < 4.78 is 16.3. The molecule has 3 heterocycles. The van der Waals surface area contributed by atoms with E-state index in [1.807, 2.05) is 6.92 Å². The Hall–Kier alpha value is -4.92. The maximum Gasteiger partial charge on any atom is 0.338 e. The number of hydrogen-bond donors (Lipinski definition) is 1. The fraction of sp³-hybridized carbons (Fsp3) is 0.172. The molecule has 0 aliphatic carbocycles. The smallest absolute Gasteiger partial charge is 0.338 e. The number of rotatable bonds is 8. The Morgan fingerprint density at radius 1 is 1.11 bits per heavy atom. The number of nitrogens with zero attached hydrogens (tertiary/aromatic N) is 2. The molecule has 5 rings (SSSR count). The van der Waals surface area contributed by atoms with Gasteiger partial charge in [0.1, 0.15) is 0 Å². The molecule has 0 fully saturated rings. The van der Waals surface area contributed by atoms with Crippen molar-refractivity contribution in [3.8, 4) is 5.75 Å². The molecule has 1 amide bonds. The quantitative estimate of drug-likeness (QED) is 0.253. The number of aliphatic hydroxyl groups excluding tert-OH is 1. The van der Waals surface area contributed by atoms with Gasteiger partial charge in [-0.2, -0.15) is 0 Å². The van der Waals surface area contributed by atoms with Gasteiger partial charge in [0.05, 0.1) is 30.9 Å². The van der Waals surface area contributed by atoms with Crippen molar-refractivity contribution in [2.24, 2.45) is 0 Å². The van der Waals surface area contributed by atoms with Crippen LogP contribution >= 0.6 is 0 Å². The van der Waals surface area contributed by atoms with Gasteiger partial charge < -0.3 is 19.0 Å². The lowest BCUT2D eigenvalue weighted by atomic mass is 9.96. The number of carbonyl (C=O) groups excluding carboxylic acids is 3. The highest BCUT2D eigenvalue weighted by Crippen LogP contribution is 2.42. The van der Waals surface area contributed by atoms with Crippen LogP contribution in [-0.2, 0) is 9.53 Å². The van der Waals surface area contributed by atoms with E-state index >= 15 is 0 Å². The van der Waals surface area contributed by atoms with Crippen molar-refractivity contribution in [2.75, 3.05) is 18.6 Å². The monoisotopic (exact) mass is 512 g/mol. The molecule has 0 radical (unpaired) electrons.